The summed E-state index contributed by atoms with van der Waals surface area (Å²) < 4.78 is 0. The first kappa shape index (κ1) is 13.2. The molecule has 0 radical (unpaired) electrons. The Morgan fingerprint density at radius 1 is 1.00 bits per heavy atom. The Kier molecular flexibility index (Phi) is 4.89. The average Bonchev–Trinajstić information content (AvgIpc) is 2.42. The molecule has 90 valence electrons. The summed E-state index contributed by atoms with van der Waals surface area (Å²) >= 11 is 0. The molecule has 6 nitrogen and oxygen atoms in total. The smallest absolute Gasteiger partial charge is 0.186 e. The van der Waals surface area contributed by atoms with E-state index in [1.165, 1.54) is 14.2 Å². The number of nitrogens with zero attached hydrogens (tertiary/aromatic N) is 4. The molecule has 0 aromatic heterocycles. The highest BCUT2D eigenvalue weighted by atomic mass is 16.6. The highest BCUT2D eigenvalue weighted by molar-refractivity contribution is 6.15. The van der Waals surface area contributed by atoms with Crippen molar-refractivity contribution in [3.05, 3.63) is 35.4 Å². The second kappa shape index (κ2) is 6.66. The number of nitriles is 2. The molecule has 0 fully saturated rings. The van der Waals surface area contributed by atoms with Crippen molar-refractivity contribution in [2.24, 2.45) is 10.3 Å². The fraction of sp³-hybridized carbons (Fsp3) is 0.167. The number of hydrogen-bond acceptors (Lipinski definition) is 6. The summed E-state index contributed by atoms with van der Waals surface area (Å²) in [5.74, 6) is 0. The molecule has 0 N–H and O–H groups in total. The molecule has 1 aromatic rings. The van der Waals surface area contributed by atoms with Crippen molar-refractivity contribution in [1.82, 2.24) is 0 Å². The second-order valence-electron chi connectivity index (χ2n) is 3.05. The molecule has 0 aliphatic heterocycles. The number of benzene rings is 1. The van der Waals surface area contributed by atoms with Gasteiger partial charge >= 0.3 is 0 Å². The molecular formula is C12H10N4O2. The summed E-state index contributed by atoms with van der Waals surface area (Å²) in [6, 6.07) is 10.5. The van der Waals surface area contributed by atoms with Gasteiger partial charge in [-0.3, -0.25) is 0 Å². The van der Waals surface area contributed by atoms with Crippen LogP contribution in [-0.4, -0.2) is 25.6 Å². The van der Waals surface area contributed by atoms with Gasteiger partial charge in [0.05, 0.1) is 0 Å². The lowest BCUT2D eigenvalue weighted by Gasteiger charge is -2.01. The fourth-order valence-corrected chi connectivity index (χ4v) is 1.27. The average molecular weight is 242 g/mol. The monoisotopic (exact) mass is 242 g/mol. The van der Waals surface area contributed by atoms with E-state index >= 15 is 0 Å². The molecule has 0 amide bonds. The predicted octanol–water partition coefficient (Wildman–Crippen LogP) is 1.43. The van der Waals surface area contributed by atoms with Crippen LogP contribution in [0.1, 0.15) is 11.1 Å². The third-order valence-corrected chi connectivity index (χ3v) is 1.99. The van der Waals surface area contributed by atoms with E-state index < -0.39 is 0 Å². The van der Waals surface area contributed by atoms with Gasteiger partial charge in [-0.1, -0.05) is 28.5 Å². The van der Waals surface area contributed by atoms with Crippen LogP contribution in [0.25, 0.3) is 0 Å². The Hall–Kier alpha value is -2.86. The maximum atomic E-state index is 8.92. The van der Waals surface area contributed by atoms with Crippen LogP contribution in [0.3, 0.4) is 0 Å². The Morgan fingerprint density at radius 3 is 1.78 bits per heavy atom. The third-order valence-electron chi connectivity index (χ3n) is 1.99. The maximum Gasteiger partial charge on any atom is 0.186 e. The molecule has 0 heterocycles. The van der Waals surface area contributed by atoms with E-state index in [0.29, 0.717) is 11.1 Å². The Balaban J connectivity index is 3.23. The molecule has 0 aliphatic rings. The molecule has 0 bridgehead atoms. The second-order valence-corrected chi connectivity index (χ2v) is 3.05. The van der Waals surface area contributed by atoms with E-state index in [9.17, 15) is 0 Å². The molecule has 0 spiro atoms. The molecule has 6 heteroatoms. The summed E-state index contributed by atoms with van der Waals surface area (Å²) in [4.78, 5) is 9.14. The van der Waals surface area contributed by atoms with Gasteiger partial charge in [-0.05, 0) is 6.07 Å². The van der Waals surface area contributed by atoms with Gasteiger partial charge in [0.25, 0.3) is 0 Å². The van der Waals surface area contributed by atoms with Crippen LogP contribution in [0.4, 0.5) is 0 Å². The van der Waals surface area contributed by atoms with Gasteiger partial charge in [-0.2, -0.15) is 10.5 Å². The van der Waals surface area contributed by atoms with Gasteiger partial charge in [-0.25, -0.2) is 0 Å². The molecule has 1 rings (SSSR count). The normalized spacial score (nSPS) is 11.3. The van der Waals surface area contributed by atoms with Crippen LogP contribution < -0.4 is 0 Å². The van der Waals surface area contributed by atoms with Crippen LogP contribution in [0.5, 0.6) is 0 Å². The molecule has 0 saturated carbocycles. The minimum absolute atomic E-state index is 0.119. The summed E-state index contributed by atoms with van der Waals surface area (Å²) in [5.41, 5.74) is 1.31. The highest BCUT2D eigenvalue weighted by Gasteiger charge is 2.08. The van der Waals surface area contributed by atoms with Crippen molar-refractivity contribution >= 4 is 11.4 Å². The lowest BCUT2D eigenvalue weighted by Crippen LogP contribution is -2.03. The third kappa shape index (κ3) is 3.06. The van der Waals surface area contributed by atoms with Crippen LogP contribution in [0, 0.1) is 22.7 Å². The summed E-state index contributed by atoms with van der Waals surface area (Å²) in [6.45, 7) is 0. The Labute approximate surface area is 104 Å². The van der Waals surface area contributed by atoms with Crippen LogP contribution in [0.15, 0.2) is 34.6 Å². The zero-order valence-electron chi connectivity index (χ0n) is 9.91. The van der Waals surface area contributed by atoms with E-state index in [2.05, 4.69) is 20.0 Å². The number of rotatable bonds is 4. The van der Waals surface area contributed by atoms with Crippen molar-refractivity contribution in [3.8, 4) is 12.1 Å². The Morgan fingerprint density at radius 2 is 1.44 bits per heavy atom. The van der Waals surface area contributed by atoms with Crippen LogP contribution in [-0.2, 0) is 9.68 Å². The largest absolute Gasteiger partial charge is 0.398 e. The van der Waals surface area contributed by atoms with Gasteiger partial charge in [0.1, 0.15) is 26.4 Å². The molecule has 18 heavy (non-hydrogen) atoms. The summed E-state index contributed by atoms with van der Waals surface area (Å²) in [5, 5.41) is 25.0. The standard InChI is InChI=1S/C12H10N4O2/c1-17-15-11(7-13)9-4-3-5-10(6-9)12(8-14)16-18-2/h3-6H,1-2H3. The van der Waals surface area contributed by atoms with E-state index in [1.807, 2.05) is 12.1 Å². The van der Waals surface area contributed by atoms with Crippen molar-refractivity contribution < 1.29 is 9.68 Å². The zero-order valence-corrected chi connectivity index (χ0v) is 9.91. The van der Waals surface area contributed by atoms with Crippen molar-refractivity contribution in [2.75, 3.05) is 14.2 Å². The topological polar surface area (TPSA) is 90.8 Å². The molecular weight excluding hydrogens is 232 g/mol. The minimum atomic E-state index is 0.119. The number of hydrogen-bond donors (Lipinski definition) is 0. The first-order valence-corrected chi connectivity index (χ1v) is 4.90. The highest BCUT2D eigenvalue weighted by Crippen LogP contribution is 2.08. The van der Waals surface area contributed by atoms with Gasteiger partial charge in [-0.15, -0.1) is 0 Å². The maximum absolute atomic E-state index is 8.92. The van der Waals surface area contributed by atoms with Crippen LogP contribution >= 0.6 is 0 Å². The molecule has 0 saturated heterocycles. The van der Waals surface area contributed by atoms with E-state index in [1.54, 1.807) is 24.3 Å². The molecule has 0 aliphatic carbocycles. The minimum Gasteiger partial charge on any atom is -0.398 e. The lowest BCUT2D eigenvalue weighted by atomic mass is 10.0. The van der Waals surface area contributed by atoms with Crippen molar-refractivity contribution in [2.45, 2.75) is 0 Å². The fourth-order valence-electron chi connectivity index (χ4n) is 1.27. The predicted molar refractivity (Wildman–Crippen MR) is 64.8 cm³/mol. The number of oxime groups is 2. The first-order valence-electron chi connectivity index (χ1n) is 4.90. The Bertz CT molecular complexity index is 517. The summed E-state index contributed by atoms with van der Waals surface area (Å²) in [7, 11) is 2.71. The van der Waals surface area contributed by atoms with Gasteiger partial charge in [0, 0.05) is 11.1 Å². The SMILES string of the molecule is CON=C(C#N)c1cccc(C(C#N)=NOC)c1. The molecule has 1 aromatic carbocycles. The quantitative estimate of drug-likeness (QED) is 0.590. The van der Waals surface area contributed by atoms with Crippen molar-refractivity contribution in [1.29, 1.82) is 10.5 Å². The van der Waals surface area contributed by atoms with E-state index in [-0.39, 0.29) is 11.4 Å². The van der Waals surface area contributed by atoms with Gasteiger partial charge in [0.15, 0.2) is 11.4 Å². The molecule has 0 unspecified atom stereocenters. The van der Waals surface area contributed by atoms with E-state index in [4.69, 9.17) is 10.5 Å². The first-order chi connectivity index (χ1) is 8.76. The van der Waals surface area contributed by atoms with Crippen molar-refractivity contribution in [3.63, 3.8) is 0 Å². The molecule has 0 atom stereocenters. The summed E-state index contributed by atoms with van der Waals surface area (Å²) in [6.07, 6.45) is 0. The zero-order chi connectivity index (χ0) is 13.4. The van der Waals surface area contributed by atoms with Gasteiger partial charge < -0.3 is 9.68 Å². The lowest BCUT2D eigenvalue weighted by molar-refractivity contribution is 0.214. The van der Waals surface area contributed by atoms with Gasteiger partial charge in [0.2, 0.25) is 0 Å². The van der Waals surface area contributed by atoms with Crippen LogP contribution in [0.2, 0.25) is 0 Å². The van der Waals surface area contributed by atoms with E-state index in [0.717, 1.165) is 0 Å².